The van der Waals surface area contributed by atoms with E-state index in [1.54, 1.807) is 53.7 Å². The summed E-state index contributed by atoms with van der Waals surface area (Å²) >= 11 is 12.5. The van der Waals surface area contributed by atoms with Crippen molar-refractivity contribution in [1.82, 2.24) is 10.2 Å². The maximum absolute atomic E-state index is 12.9. The molecule has 1 fully saturated rings. The van der Waals surface area contributed by atoms with Crippen LogP contribution in [0.4, 0.5) is 9.59 Å². The molecule has 0 aliphatic carbocycles. The predicted octanol–water partition coefficient (Wildman–Crippen LogP) is 5.53. The van der Waals surface area contributed by atoms with Gasteiger partial charge in [0.2, 0.25) is 5.91 Å². The van der Waals surface area contributed by atoms with E-state index < -0.39 is 35.3 Å². The first kappa shape index (κ1) is 25.3. The number of nitrogens with one attached hydrogen (secondary N) is 1. The Hall–Kier alpha value is -1.99. The van der Waals surface area contributed by atoms with Gasteiger partial charge in [0.05, 0.1) is 10.0 Å². The van der Waals surface area contributed by atoms with Gasteiger partial charge in [0.15, 0.2) is 0 Å². The normalized spacial score (nSPS) is 19.8. The standard InChI is InChI=1S/C22H30Cl2N2O5/c1-21(2,3)30-19(28)26(20(29)31-22(4,5)6)16-11-10-13(12-25-18(16)27)14-8-7-9-15(23)17(14)24/h7-9,13,16H,10-12H2,1-6H3,(H,25,27)/t13?,16-/m1/s1. The van der Waals surface area contributed by atoms with Crippen LogP contribution < -0.4 is 5.32 Å². The lowest BCUT2D eigenvalue weighted by molar-refractivity contribution is -0.126. The van der Waals surface area contributed by atoms with E-state index in [2.05, 4.69) is 5.32 Å². The molecule has 3 amide bonds. The molecule has 1 saturated heterocycles. The van der Waals surface area contributed by atoms with E-state index in [0.717, 1.165) is 10.5 Å². The summed E-state index contributed by atoms with van der Waals surface area (Å²) in [7, 11) is 0. The predicted molar refractivity (Wildman–Crippen MR) is 120 cm³/mol. The van der Waals surface area contributed by atoms with Gasteiger partial charge in [-0.15, -0.1) is 0 Å². The third-order valence-electron chi connectivity index (χ3n) is 4.53. The highest BCUT2D eigenvalue weighted by Crippen LogP contribution is 2.35. The number of carbonyl (C=O) groups is 3. The Kier molecular flexibility index (Phi) is 7.87. The highest BCUT2D eigenvalue weighted by atomic mass is 35.5. The first-order valence-corrected chi connectivity index (χ1v) is 10.9. The first-order valence-electron chi connectivity index (χ1n) is 10.2. The van der Waals surface area contributed by atoms with Crippen LogP contribution in [0.15, 0.2) is 18.2 Å². The average molecular weight is 473 g/mol. The highest BCUT2D eigenvalue weighted by molar-refractivity contribution is 6.42. The van der Waals surface area contributed by atoms with E-state index in [1.165, 1.54) is 0 Å². The minimum absolute atomic E-state index is 0.126. The Balaban J connectivity index is 2.32. The number of hydrogen-bond acceptors (Lipinski definition) is 5. The summed E-state index contributed by atoms with van der Waals surface area (Å²) in [6, 6.07) is 4.26. The number of benzene rings is 1. The third kappa shape index (κ3) is 7.01. The molecule has 0 aromatic heterocycles. The van der Waals surface area contributed by atoms with Crippen LogP contribution in [0.3, 0.4) is 0 Å². The van der Waals surface area contributed by atoms with Crippen LogP contribution in [-0.4, -0.2) is 46.8 Å². The summed E-state index contributed by atoms with van der Waals surface area (Å²) in [6.45, 7) is 10.4. The van der Waals surface area contributed by atoms with E-state index in [9.17, 15) is 14.4 Å². The molecule has 7 nitrogen and oxygen atoms in total. The van der Waals surface area contributed by atoms with Crippen molar-refractivity contribution in [3.05, 3.63) is 33.8 Å². The average Bonchev–Trinajstić information content (AvgIpc) is 2.77. The van der Waals surface area contributed by atoms with Gasteiger partial charge >= 0.3 is 12.2 Å². The number of carbonyl (C=O) groups excluding carboxylic acids is 3. The Morgan fingerprint density at radius 2 is 1.55 bits per heavy atom. The van der Waals surface area contributed by atoms with Crippen molar-refractivity contribution in [2.75, 3.05) is 6.54 Å². The number of rotatable bonds is 2. The number of nitrogens with zero attached hydrogens (tertiary/aromatic N) is 1. The van der Waals surface area contributed by atoms with E-state index in [1.807, 2.05) is 6.07 Å². The molecule has 0 radical (unpaired) electrons. The number of imide groups is 1. The second kappa shape index (κ2) is 9.65. The smallest absolute Gasteiger partial charge is 0.420 e. The van der Waals surface area contributed by atoms with Gasteiger partial charge in [0, 0.05) is 12.5 Å². The van der Waals surface area contributed by atoms with Crippen LogP contribution in [0, 0.1) is 0 Å². The Morgan fingerprint density at radius 1 is 1.00 bits per heavy atom. The molecule has 31 heavy (non-hydrogen) atoms. The van der Waals surface area contributed by atoms with Gasteiger partial charge in [-0.3, -0.25) is 4.79 Å². The molecule has 0 spiro atoms. The molecule has 0 saturated carbocycles. The molecule has 1 aromatic carbocycles. The van der Waals surface area contributed by atoms with Crippen molar-refractivity contribution in [3.8, 4) is 0 Å². The second-order valence-corrected chi connectivity index (χ2v) is 10.3. The number of hydrogen-bond donors (Lipinski definition) is 1. The summed E-state index contributed by atoms with van der Waals surface area (Å²) in [4.78, 5) is 39.4. The van der Waals surface area contributed by atoms with Gasteiger partial charge < -0.3 is 14.8 Å². The van der Waals surface area contributed by atoms with Gasteiger partial charge in [0.25, 0.3) is 0 Å². The van der Waals surface area contributed by atoms with E-state index >= 15 is 0 Å². The third-order valence-corrected chi connectivity index (χ3v) is 5.36. The summed E-state index contributed by atoms with van der Waals surface area (Å²) < 4.78 is 10.8. The number of amides is 3. The Morgan fingerprint density at radius 3 is 2.06 bits per heavy atom. The maximum Gasteiger partial charge on any atom is 0.420 e. The Labute approximate surface area is 193 Å². The Bertz CT molecular complexity index is 817. The van der Waals surface area contributed by atoms with Crippen molar-refractivity contribution < 1.29 is 23.9 Å². The summed E-state index contributed by atoms with van der Waals surface area (Å²) in [5, 5.41) is 3.66. The molecule has 1 aliphatic rings. The minimum Gasteiger partial charge on any atom is -0.443 e. The van der Waals surface area contributed by atoms with Crippen LogP contribution in [-0.2, 0) is 14.3 Å². The quantitative estimate of drug-likeness (QED) is 0.611. The van der Waals surface area contributed by atoms with Gasteiger partial charge in [-0.1, -0.05) is 35.3 Å². The van der Waals surface area contributed by atoms with E-state index in [0.29, 0.717) is 23.0 Å². The molecule has 172 valence electrons. The fourth-order valence-corrected chi connectivity index (χ4v) is 3.69. The van der Waals surface area contributed by atoms with Gasteiger partial charge in [-0.2, -0.15) is 4.90 Å². The summed E-state index contributed by atoms with van der Waals surface area (Å²) in [5.74, 6) is -0.586. The maximum atomic E-state index is 12.9. The van der Waals surface area contributed by atoms with Crippen LogP contribution in [0.2, 0.25) is 10.0 Å². The largest absolute Gasteiger partial charge is 0.443 e. The van der Waals surface area contributed by atoms with Crippen molar-refractivity contribution in [3.63, 3.8) is 0 Å². The topological polar surface area (TPSA) is 84.9 Å². The van der Waals surface area contributed by atoms with Crippen molar-refractivity contribution in [2.24, 2.45) is 0 Å². The molecule has 0 bridgehead atoms. The molecular formula is C22H30Cl2N2O5. The van der Waals surface area contributed by atoms with Crippen LogP contribution in [0.5, 0.6) is 0 Å². The van der Waals surface area contributed by atoms with Gasteiger partial charge in [0.1, 0.15) is 17.2 Å². The number of halogens is 2. The highest BCUT2D eigenvalue weighted by Gasteiger charge is 2.41. The van der Waals surface area contributed by atoms with Crippen molar-refractivity contribution >= 4 is 41.3 Å². The zero-order valence-electron chi connectivity index (χ0n) is 18.8. The lowest BCUT2D eigenvalue weighted by Crippen LogP contribution is -2.54. The van der Waals surface area contributed by atoms with E-state index in [4.69, 9.17) is 32.7 Å². The molecular weight excluding hydrogens is 443 g/mol. The molecule has 1 aliphatic heterocycles. The molecule has 2 rings (SSSR count). The fourth-order valence-electron chi connectivity index (χ4n) is 3.23. The monoisotopic (exact) mass is 472 g/mol. The minimum atomic E-state index is -1.08. The molecule has 1 aromatic rings. The number of ether oxygens (including phenoxy) is 2. The molecule has 2 atom stereocenters. The lowest BCUT2D eigenvalue weighted by Gasteiger charge is -2.32. The second-order valence-electron chi connectivity index (χ2n) is 9.51. The lowest BCUT2D eigenvalue weighted by atomic mass is 9.93. The van der Waals surface area contributed by atoms with Gasteiger partial charge in [-0.25, -0.2) is 9.59 Å². The molecule has 1 unspecified atom stereocenters. The first-order chi connectivity index (χ1) is 14.2. The van der Waals surface area contributed by atoms with Crippen LogP contribution >= 0.6 is 23.2 Å². The van der Waals surface area contributed by atoms with Crippen LogP contribution in [0.1, 0.15) is 65.9 Å². The zero-order valence-corrected chi connectivity index (χ0v) is 20.3. The molecule has 1 N–H and O–H groups in total. The summed E-state index contributed by atoms with van der Waals surface area (Å²) in [6.07, 6.45) is -1.15. The van der Waals surface area contributed by atoms with Gasteiger partial charge in [-0.05, 0) is 66.0 Å². The molecule has 1 heterocycles. The van der Waals surface area contributed by atoms with E-state index in [-0.39, 0.29) is 12.3 Å². The zero-order chi connectivity index (χ0) is 23.6. The summed E-state index contributed by atoms with van der Waals surface area (Å²) in [5.41, 5.74) is -0.902. The van der Waals surface area contributed by atoms with Crippen molar-refractivity contribution in [2.45, 2.75) is 77.5 Å². The fraction of sp³-hybridized carbons (Fsp3) is 0.591. The van der Waals surface area contributed by atoms with Crippen molar-refractivity contribution in [1.29, 1.82) is 0 Å². The van der Waals surface area contributed by atoms with Crippen LogP contribution in [0.25, 0.3) is 0 Å². The SMILES string of the molecule is CC(C)(C)OC(=O)N(C(=O)OC(C)(C)C)[C@@H]1CCC(c2cccc(Cl)c2Cl)CNC1=O. The molecule has 9 heteroatoms.